The van der Waals surface area contributed by atoms with Crippen LogP contribution >= 0.6 is 22.7 Å². The molecule has 1 unspecified atom stereocenters. The summed E-state index contributed by atoms with van der Waals surface area (Å²) >= 11 is 3.18. The van der Waals surface area contributed by atoms with Gasteiger partial charge in [-0.3, -0.25) is 0 Å². The van der Waals surface area contributed by atoms with Gasteiger partial charge in [0.25, 0.3) is 0 Å². The van der Waals surface area contributed by atoms with Gasteiger partial charge in [0, 0.05) is 15.5 Å². The standard InChI is InChI=1S/C22H20F3NS2/c1-12(2)19-11-15-10-14(7-8-17(15)27-19)9-13(3)21-26-20-16(22(23,24)25)5-4-6-18(20)28-21/h4-8,10-13H,9H2,1-3H3. The Kier molecular flexibility index (Phi) is 4.96. The predicted octanol–water partition coefficient (Wildman–Crippen LogP) is 8.00. The van der Waals surface area contributed by atoms with Crippen molar-refractivity contribution in [3.63, 3.8) is 0 Å². The molecule has 1 nitrogen and oxygen atoms in total. The molecule has 0 aliphatic rings. The highest BCUT2D eigenvalue weighted by atomic mass is 32.1. The first-order valence-electron chi connectivity index (χ1n) is 9.21. The quantitative estimate of drug-likeness (QED) is 0.326. The highest BCUT2D eigenvalue weighted by Crippen LogP contribution is 2.38. The zero-order valence-electron chi connectivity index (χ0n) is 15.8. The van der Waals surface area contributed by atoms with E-state index >= 15 is 0 Å². The Morgan fingerprint density at radius 3 is 2.46 bits per heavy atom. The van der Waals surface area contributed by atoms with Crippen molar-refractivity contribution in [3.8, 4) is 0 Å². The molecule has 0 spiro atoms. The molecule has 146 valence electrons. The summed E-state index contributed by atoms with van der Waals surface area (Å²) in [6.45, 7) is 6.41. The normalized spacial score (nSPS) is 13.7. The molecule has 0 radical (unpaired) electrons. The molecular formula is C22H20F3NS2. The topological polar surface area (TPSA) is 12.9 Å². The van der Waals surface area contributed by atoms with E-state index in [0.717, 1.165) is 17.5 Å². The molecule has 2 aromatic heterocycles. The SMILES string of the molecule is CC(C)c1cc2cc(CC(C)c3nc4c(C(F)(F)F)cccc4s3)ccc2s1. The second-order valence-corrected chi connectivity index (χ2v) is 9.66. The van der Waals surface area contributed by atoms with Crippen LogP contribution in [-0.4, -0.2) is 4.98 Å². The molecule has 28 heavy (non-hydrogen) atoms. The van der Waals surface area contributed by atoms with Crippen LogP contribution < -0.4 is 0 Å². The summed E-state index contributed by atoms with van der Waals surface area (Å²) in [6, 6.07) is 13.0. The highest BCUT2D eigenvalue weighted by Gasteiger charge is 2.34. The maximum Gasteiger partial charge on any atom is 0.418 e. The van der Waals surface area contributed by atoms with Crippen molar-refractivity contribution in [2.24, 2.45) is 0 Å². The lowest BCUT2D eigenvalue weighted by molar-refractivity contribution is -0.136. The van der Waals surface area contributed by atoms with E-state index in [-0.39, 0.29) is 11.4 Å². The molecule has 0 aliphatic heterocycles. The lowest BCUT2D eigenvalue weighted by Gasteiger charge is -2.08. The number of aromatic nitrogens is 1. The average Bonchev–Trinajstić information content (AvgIpc) is 3.24. The van der Waals surface area contributed by atoms with Crippen LogP contribution in [0.25, 0.3) is 20.3 Å². The van der Waals surface area contributed by atoms with Gasteiger partial charge < -0.3 is 0 Å². The number of alkyl halides is 3. The molecule has 6 heteroatoms. The molecule has 0 saturated heterocycles. The van der Waals surface area contributed by atoms with Crippen LogP contribution in [0.15, 0.2) is 42.5 Å². The molecule has 0 N–H and O–H groups in total. The van der Waals surface area contributed by atoms with Crippen LogP contribution in [0.1, 0.15) is 53.6 Å². The summed E-state index contributed by atoms with van der Waals surface area (Å²) in [5.74, 6) is 0.560. The fourth-order valence-corrected chi connectivity index (χ4v) is 5.46. The summed E-state index contributed by atoms with van der Waals surface area (Å²) in [7, 11) is 0. The van der Waals surface area contributed by atoms with Crippen molar-refractivity contribution in [1.29, 1.82) is 0 Å². The number of halogens is 3. The van der Waals surface area contributed by atoms with Gasteiger partial charge in [0.2, 0.25) is 0 Å². The molecule has 1 atom stereocenters. The molecule has 4 rings (SSSR count). The zero-order chi connectivity index (χ0) is 20.1. The monoisotopic (exact) mass is 419 g/mol. The van der Waals surface area contributed by atoms with E-state index in [1.165, 1.54) is 37.9 Å². The molecule has 2 heterocycles. The number of hydrogen-bond donors (Lipinski definition) is 0. The fraction of sp³-hybridized carbons (Fsp3) is 0.318. The Morgan fingerprint density at radius 1 is 0.964 bits per heavy atom. The minimum atomic E-state index is -4.38. The van der Waals surface area contributed by atoms with Crippen LogP contribution in [0.3, 0.4) is 0 Å². The maximum atomic E-state index is 13.2. The van der Waals surface area contributed by atoms with Gasteiger partial charge in [-0.05, 0) is 47.6 Å². The van der Waals surface area contributed by atoms with Crippen LogP contribution in [-0.2, 0) is 12.6 Å². The van der Waals surface area contributed by atoms with E-state index in [1.54, 1.807) is 6.07 Å². The lowest BCUT2D eigenvalue weighted by atomic mass is 10.0. The van der Waals surface area contributed by atoms with Gasteiger partial charge in [0.15, 0.2) is 0 Å². The molecule has 4 aromatic rings. The molecule has 0 amide bonds. The highest BCUT2D eigenvalue weighted by molar-refractivity contribution is 7.19. The van der Waals surface area contributed by atoms with Crippen LogP contribution in [0.2, 0.25) is 0 Å². The van der Waals surface area contributed by atoms with Crippen molar-refractivity contribution in [2.45, 2.75) is 45.2 Å². The van der Waals surface area contributed by atoms with Gasteiger partial charge in [0.05, 0.1) is 20.8 Å². The minimum Gasteiger partial charge on any atom is -0.240 e. The summed E-state index contributed by atoms with van der Waals surface area (Å²) in [5, 5.41) is 1.99. The van der Waals surface area contributed by atoms with Gasteiger partial charge in [-0.1, -0.05) is 39.0 Å². The number of thiazole rings is 1. The lowest BCUT2D eigenvalue weighted by Crippen LogP contribution is -2.05. The van der Waals surface area contributed by atoms with E-state index in [2.05, 4.69) is 43.1 Å². The van der Waals surface area contributed by atoms with Gasteiger partial charge in [-0.15, -0.1) is 22.7 Å². The van der Waals surface area contributed by atoms with E-state index in [0.29, 0.717) is 10.6 Å². The smallest absolute Gasteiger partial charge is 0.240 e. The molecule has 0 saturated carbocycles. The Balaban J connectivity index is 1.63. The van der Waals surface area contributed by atoms with Gasteiger partial charge >= 0.3 is 6.18 Å². The van der Waals surface area contributed by atoms with Crippen molar-refractivity contribution < 1.29 is 13.2 Å². The van der Waals surface area contributed by atoms with Crippen molar-refractivity contribution in [1.82, 2.24) is 4.98 Å². The first-order valence-corrected chi connectivity index (χ1v) is 10.8. The number of hydrogen-bond acceptors (Lipinski definition) is 3. The number of benzene rings is 2. The largest absolute Gasteiger partial charge is 0.418 e. The molecular weight excluding hydrogens is 399 g/mol. The predicted molar refractivity (Wildman–Crippen MR) is 113 cm³/mol. The molecule has 2 aromatic carbocycles. The Hall–Kier alpha value is -1.92. The Bertz CT molecular complexity index is 1140. The van der Waals surface area contributed by atoms with E-state index in [9.17, 15) is 13.2 Å². The summed E-state index contributed by atoms with van der Waals surface area (Å²) in [4.78, 5) is 5.73. The average molecular weight is 420 g/mol. The van der Waals surface area contributed by atoms with Gasteiger partial charge in [-0.25, -0.2) is 4.98 Å². The third-order valence-electron chi connectivity index (χ3n) is 4.87. The third kappa shape index (κ3) is 3.67. The molecule has 0 bridgehead atoms. The van der Waals surface area contributed by atoms with E-state index in [1.807, 2.05) is 18.3 Å². The third-order valence-corrected chi connectivity index (χ3v) is 7.54. The second-order valence-electron chi connectivity index (χ2n) is 7.48. The zero-order valence-corrected chi connectivity index (χ0v) is 17.4. The van der Waals surface area contributed by atoms with Crippen LogP contribution in [0.5, 0.6) is 0 Å². The minimum absolute atomic E-state index is 0.0548. The van der Waals surface area contributed by atoms with E-state index < -0.39 is 11.7 Å². The van der Waals surface area contributed by atoms with Crippen LogP contribution in [0, 0.1) is 0 Å². The Morgan fingerprint density at radius 2 is 1.75 bits per heavy atom. The number of nitrogens with zero attached hydrogens (tertiary/aromatic N) is 1. The molecule has 0 fully saturated rings. The van der Waals surface area contributed by atoms with Crippen molar-refractivity contribution in [2.75, 3.05) is 0 Å². The summed E-state index contributed by atoms with van der Waals surface area (Å²) < 4.78 is 41.6. The van der Waals surface area contributed by atoms with Gasteiger partial charge in [0.1, 0.15) is 0 Å². The Labute approximate surface area is 169 Å². The maximum absolute atomic E-state index is 13.2. The number of thiophene rings is 1. The number of fused-ring (bicyclic) bond motifs is 2. The summed E-state index contributed by atoms with van der Waals surface area (Å²) in [5.41, 5.74) is 0.598. The molecule has 0 aliphatic carbocycles. The van der Waals surface area contributed by atoms with E-state index in [4.69, 9.17) is 0 Å². The van der Waals surface area contributed by atoms with Crippen LogP contribution in [0.4, 0.5) is 13.2 Å². The van der Waals surface area contributed by atoms with Gasteiger partial charge in [-0.2, -0.15) is 13.2 Å². The summed E-state index contributed by atoms with van der Waals surface area (Å²) in [6.07, 6.45) is -3.63. The number of rotatable bonds is 4. The fourth-order valence-electron chi connectivity index (χ4n) is 3.37. The first-order chi connectivity index (χ1) is 13.2. The van der Waals surface area contributed by atoms with Crippen molar-refractivity contribution >= 4 is 43.0 Å². The first kappa shape index (κ1) is 19.4. The number of para-hydroxylation sites is 1. The second kappa shape index (κ2) is 7.16. The van der Waals surface area contributed by atoms with Crippen molar-refractivity contribution in [3.05, 3.63) is 63.5 Å².